The summed E-state index contributed by atoms with van der Waals surface area (Å²) in [7, 11) is 0. The zero-order valence-electron chi connectivity index (χ0n) is 10.7. The van der Waals surface area contributed by atoms with Crippen LogP contribution < -0.4 is 11.5 Å². The van der Waals surface area contributed by atoms with Crippen molar-refractivity contribution in [2.24, 2.45) is 5.92 Å². The van der Waals surface area contributed by atoms with Crippen LogP contribution in [0, 0.1) is 5.92 Å². The van der Waals surface area contributed by atoms with Crippen LogP contribution in [-0.4, -0.2) is 20.2 Å². The number of nitrogen functional groups attached to an aromatic ring is 2. The van der Waals surface area contributed by atoms with Crippen LogP contribution in [0.4, 0.5) is 11.4 Å². The summed E-state index contributed by atoms with van der Waals surface area (Å²) < 4.78 is 1.79. The normalized spacial score (nSPS) is 12.6. The molecule has 0 amide bonds. The molecule has 0 bridgehead atoms. The Morgan fingerprint density at radius 3 is 2.78 bits per heavy atom. The van der Waals surface area contributed by atoms with Crippen molar-refractivity contribution in [3.05, 3.63) is 18.2 Å². The summed E-state index contributed by atoms with van der Waals surface area (Å²) in [6.07, 6.45) is 1.08. The smallest absolute Gasteiger partial charge is 0.184 e. The van der Waals surface area contributed by atoms with Gasteiger partial charge in [-0.1, -0.05) is 20.3 Å². The maximum Gasteiger partial charge on any atom is 0.184 e. The predicted molar refractivity (Wildman–Crippen MR) is 71.5 cm³/mol. The lowest BCUT2D eigenvalue weighted by Crippen LogP contribution is -2.10. The molecule has 1 aromatic heterocycles. The van der Waals surface area contributed by atoms with Crippen molar-refractivity contribution in [1.82, 2.24) is 20.2 Å². The van der Waals surface area contributed by atoms with Crippen LogP contribution in [0.25, 0.3) is 11.4 Å². The summed E-state index contributed by atoms with van der Waals surface area (Å²) in [6.45, 7) is 5.09. The number of nitrogens with zero attached hydrogens (tertiary/aromatic N) is 4. The lowest BCUT2D eigenvalue weighted by Gasteiger charge is -2.11. The lowest BCUT2D eigenvalue weighted by molar-refractivity contribution is 0.434. The molecule has 0 aliphatic carbocycles. The van der Waals surface area contributed by atoms with E-state index in [0.717, 1.165) is 18.5 Å². The third-order valence-corrected chi connectivity index (χ3v) is 3.03. The van der Waals surface area contributed by atoms with E-state index in [4.69, 9.17) is 11.5 Å². The quantitative estimate of drug-likeness (QED) is 0.798. The first-order chi connectivity index (χ1) is 8.61. The lowest BCUT2D eigenvalue weighted by atomic mass is 10.1. The first-order valence-electron chi connectivity index (χ1n) is 6.03. The molecule has 2 aromatic rings. The third-order valence-electron chi connectivity index (χ3n) is 3.03. The summed E-state index contributed by atoms with van der Waals surface area (Å²) in [5.74, 6) is 1.20. The van der Waals surface area contributed by atoms with Gasteiger partial charge in [0.15, 0.2) is 5.82 Å². The van der Waals surface area contributed by atoms with E-state index in [0.29, 0.717) is 23.1 Å². The molecule has 4 N–H and O–H groups in total. The first kappa shape index (κ1) is 12.3. The van der Waals surface area contributed by atoms with Gasteiger partial charge in [0.25, 0.3) is 0 Å². The molecule has 0 spiro atoms. The van der Waals surface area contributed by atoms with Gasteiger partial charge in [-0.05, 0) is 34.5 Å². The third kappa shape index (κ3) is 2.42. The largest absolute Gasteiger partial charge is 0.399 e. The second-order valence-electron chi connectivity index (χ2n) is 4.54. The molecule has 2 rings (SSSR count). The second kappa shape index (κ2) is 5.03. The molecule has 0 radical (unpaired) electrons. The molecule has 18 heavy (non-hydrogen) atoms. The van der Waals surface area contributed by atoms with Gasteiger partial charge in [-0.3, -0.25) is 0 Å². The van der Waals surface area contributed by atoms with Crippen molar-refractivity contribution in [2.75, 3.05) is 11.5 Å². The Labute approximate surface area is 106 Å². The average molecular weight is 246 g/mol. The highest BCUT2D eigenvalue weighted by Crippen LogP contribution is 2.25. The van der Waals surface area contributed by atoms with E-state index < -0.39 is 0 Å². The van der Waals surface area contributed by atoms with Crippen LogP contribution in [0.5, 0.6) is 0 Å². The van der Waals surface area contributed by atoms with Crippen molar-refractivity contribution in [3.63, 3.8) is 0 Å². The number of benzene rings is 1. The number of hydrogen-bond donors (Lipinski definition) is 2. The summed E-state index contributed by atoms with van der Waals surface area (Å²) in [5, 5.41) is 11.8. The number of anilines is 2. The minimum Gasteiger partial charge on any atom is -0.399 e. The van der Waals surface area contributed by atoms with E-state index >= 15 is 0 Å². The molecule has 0 aliphatic rings. The van der Waals surface area contributed by atoms with E-state index in [1.165, 1.54) is 0 Å². The number of nitrogens with two attached hydrogens (primary N) is 2. The molecule has 0 saturated carbocycles. The summed E-state index contributed by atoms with van der Waals surface area (Å²) in [5.41, 5.74) is 13.7. The number of tetrazole rings is 1. The molecule has 6 heteroatoms. The van der Waals surface area contributed by atoms with Gasteiger partial charge < -0.3 is 11.5 Å². The highest BCUT2D eigenvalue weighted by molar-refractivity contribution is 5.74. The van der Waals surface area contributed by atoms with Crippen molar-refractivity contribution >= 4 is 11.4 Å². The number of hydrogen-bond acceptors (Lipinski definition) is 5. The minimum absolute atomic E-state index is 0.516. The van der Waals surface area contributed by atoms with Gasteiger partial charge in [0.05, 0.1) is 0 Å². The molecule has 96 valence electrons. The van der Waals surface area contributed by atoms with Crippen LogP contribution in [0.1, 0.15) is 20.3 Å². The maximum absolute atomic E-state index is 5.96. The summed E-state index contributed by atoms with van der Waals surface area (Å²) >= 11 is 0. The molecule has 0 aliphatic heterocycles. The van der Waals surface area contributed by atoms with Crippen molar-refractivity contribution in [3.8, 4) is 11.4 Å². The number of aromatic nitrogens is 4. The SMILES string of the molecule is CCC(C)Cn1nnnc1-c1ccc(N)cc1N. The predicted octanol–water partition coefficient (Wildman–Crippen LogP) is 1.55. The van der Waals surface area contributed by atoms with Crippen molar-refractivity contribution in [2.45, 2.75) is 26.8 Å². The van der Waals surface area contributed by atoms with Crippen LogP contribution in [-0.2, 0) is 6.54 Å². The van der Waals surface area contributed by atoms with Crippen LogP contribution >= 0.6 is 0 Å². The molecule has 1 aromatic carbocycles. The van der Waals surface area contributed by atoms with E-state index in [1.807, 2.05) is 6.07 Å². The zero-order chi connectivity index (χ0) is 13.1. The maximum atomic E-state index is 5.96. The highest BCUT2D eigenvalue weighted by atomic mass is 15.5. The Kier molecular flexibility index (Phi) is 3.45. The molecular formula is C12H18N6. The van der Waals surface area contributed by atoms with E-state index in [2.05, 4.69) is 29.4 Å². The average Bonchev–Trinajstić information content (AvgIpc) is 2.77. The van der Waals surface area contributed by atoms with Crippen LogP contribution in [0.15, 0.2) is 18.2 Å². The Morgan fingerprint density at radius 2 is 2.11 bits per heavy atom. The number of rotatable bonds is 4. The Balaban J connectivity index is 2.36. The Morgan fingerprint density at radius 1 is 1.33 bits per heavy atom. The molecule has 6 nitrogen and oxygen atoms in total. The van der Waals surface area contributed by atoms with Gasteiger partial charge in [-0.15, -0.1) is 5.10 Å². The topological polar surface area (TPSA) is 95.6 Å². The zero-order valence-corrected chi connectivity index (χ0v) is 10.7. The van der Waals surface area contributed by atoms with E-state index in [9.17, 15) is 0 Å². The van der Waals surface area contributed by atoms with Crippen molar-refractivity contribution < 1.29 is 0 Å². The van der Waals surface area contributed by atoms with Gasteiger partial charge in [-0.25, -0.2) is 4.68 Å². The van der Waals surface area contributed by atoms with Crippen LogP contribution in [0.3, 0.4) is 0 Å². The summed E-state index contributed by atoms with van der Waals surface area (Å²) in [4.78, 5) is 0. The second-order valence-corrected chi connectivity index (χ2v) is 4.54. The fourth-order valence-electron chi connectivity index (χ4n) is 1.73. The van der Waals surface area contributed by atoms with E-state index in [-0.39, 0.29) is 0 Å². The molecule has 0 saturated heterocycles. The highest BCUT2D eigenvalue weighted by Gasteiger charge is 2.13. The summed E-state index contributed by atoms with van der Waals surface area (Å²) in [6, 6.07) is 5.37. The molecule has 1 atom stereocenters. The molecule has 0 fully saturated rings. The van der Waals surface area contributed by atoms with Gasteiger partial charge in [0.1, 0.15) is 0 Å². The van der Waals surface area contributed by atoms with Gasteiger partial charge >= 0.3 is 0 Å². The fourth-order valence-corrected chi connectivity index (χ4v) is 1.73. The molecule has 1 heterocycles. The molecular weight excluding hydrogens is 228 g/mol. The first-order valence-corrected chi connectivity index (χ1v) is 6.03. The van der Waals surface area contributed by atoms with E-state index in [1.54, 1.807) is 16.8 Å². The van der Waals surface area contributed by atoms with Crippen molar-refractivity contribution in [1.29, 1.82) is 0 Å². The molecule has 1 unspecified atom stereocenters. The van der Waals surface area contributed by atoms with Gasteiger partial charge in [-0.2, -0.15) is 0 Å². The van der Waals surface area contributed by atoms with Crippen LogP contribution in [0.2, 0.25) is 0 Å². The van der Waals surface area contributed by atoms with Gasteiger partial charge in [0, 0.05) is 23.5 Å². The Bertz CT molecular complexity index is 533. The fraction of sp³-hybridized carbons (Fsp3) is 0.417. The Hall–Kier alpha value is -2.11. The minimum atomic E-state index is 0.516. The van der Waals surface area contributed by atoms with Gasteiger partial charge in [0.2, 0.25) is 0 Å². The standard InChI is InChI=1S/C12H18N6/c1-3-8(2)7-18-12(15-16-17-18)10-5-4-9(13)6-11(10)14/h4-6,8H,3,7,13-14H2,1-2H3. The monoisotopic (exact) mass is 246 g/mol.